The third kappa shape index (κ3) is 6.41. The molecular formula is C32H24Cl2N2O5. The van der Waals surface area contributed by atoms with Crippen LogP contribution < -0.4 is 24.7 Å². The highest BCUT2D eigenvalue weighted by Crippen LogP contribution is 2.43. The number of hydrogen-bond donors (Lipinski definition) is 1. The Labute approximate surface area is 247 Å². The minimum atomic E-state index is -0.572. The number of aryl methyl sites for hydroxylation is 1. The van der Waals surface area contributed by atoms with E-state index in [1.54, 1.807) is 36.4 Å². The lowest BCUT2D eigenvalue weighted by Gasteiger charge is -2.26. The SMILES string of the molecule is Cc1ccccc1OCC(=O)Oc1ccc2c(c1)OC(N)=C(C#N)C2c1ccc(OCc2ccc(Cl)cc2Cl)cc1. The van der Waals surface area contributed by atoms with Crippen LogP contribution in [-0.2, 0) is 11.4 Å². The van der Waals surface area contributed by atoms with Gasteiger partial charge < -0.3 is 24.7 Å². The van der Waals surface area contributed by atoms with E-state index in [1.807, 2.05) is 55.5 Å². The molecule has 4 aromatic rings. The minimum absolute atomic E-state index is 0.0194. The van der Waals surface area contributed by atoms with Crippen molar-refractivity contribution in [2.45, 2.75) is 19.4 Å². The molecule has 0 radical (unpaired) electrons. The Hall–Kier alpha value is -4.64. The zero-order valence-corrected chi connectivity index (χ0v) is 23.4. The van der Waals surface area contributed by atoms with E-state index in [9.17, 15) is 10.1 Å². The Morgan fingerprint density at radius 3 is 2.46 bits per heavy atom. The molecule has 0 fully saturated rings. The zero-order chi connectivity index (χ0) is 28.9. The summed E-state index contributed by atoms with van der Waals surface area (Å²) in [6.45, 7) is 1.90. The van der Waals surface area contributed by atoms with Gasteiger partial charge in [0.1, 0.15) is 41.2 Å². The number of allylic oxidation sites excluding steroid dienone is 1. The fraction of sp³-hybridized carbons (Fsp3) is 0.125. The number of carbonyl (C=O) groups excluding carboxylic acids is 1. The largest absolute Gasteiger partial charge is 0.489 e. The molecule has 1 atom stereocenters. The molecule has 9 heteroatoms. The lowest BCUT2D eigenvalue weighted by Crippen LogP contribution is -2.21. The van der Waals surface area contributed by atoms with Crippen molar-refractivity contribution in [2.24, 2.45) is 5.73 Å². The Morgan fingerprint density at radius 2 is 1.73 bits per heavy atom. The average Bonchev–Trinajstić information content (AvgIpc) is 2.96. The molecule has 0 bridgehead atoms. The summed E-state index contributed by atoms with van der Waals surface area (Å²) in [5.41, 5.74) is 9.64. The Balaban J connectivity index is 1.31. The molecule has 0 saturated heterocycles. The quantitative estimate of drug-likeness (QED) is 0.174. The number of hydrogen-bond acceptors (Lipinski definition) is 7. The monoisotopic (exact) mass is 586 g/mol. The summed E-state index contributed by atoms with van der Waals surface area (Å²) >= 11 is 12.2. The maximum atomic E-state index is 12.4. The van der Waals surface area contributed by atoms with Gasteiger partial charge in [0, 0.05) is 27.2 Å². The molecule has 0 amide bonds. The first-order valence-corrected chi connectivity index (χ1v) is 13.4. The van der Waals surface area contributed by atoms with E-state index < -0.39 is 11.9 Å². The number of ether oxygens (including phenoxy) is 4. The fourth-order valence-electron chi connectivity index (χ4n) is 4.41. The highest BCUT2D eigenvalue weighted by Gasteiger charge is 2.31. The second-order valence-corrected chi connectivity index (χ2v) is 10.1. The van der Waals surface area contributed by atoms with E-state index in [0.29, 0.717) is 32.9 Å². The standard InChI is InChI=1S/C32H24Cl2N2O5/c1-19-4-2-3-5-28(19)39-18-30(37)40-24-12-13-25-29(15-24)41-32(36)26(16-35)31(25)20-7-10-23(11-8-20)38-17-21-6-9-22(33)14-27(21)34/h2-15,31H,17-18,36H2,1H3. The molecule has 206 valence electrons. The average molecular weight is 587 g/mol. The number of benzene rings is 4. The van der Waals surface area contributed by atoms with Gasteiger partial charge in [-0.3, -0.25) is 0 Å². The van der Waals surface area contributed by atoms with E-state index in [1.165, 1.54) is 0 Å². The topological polar surface area (TPSA) is 104 Å². The number of carbonyl (C=O) groups is 1. The van der Waals surface area contributed by atoms with Crippen molar-refractivity contribution in [3.8, 4) is 29.1 Å². The summed E-state index contributed by atoms with van der Waals surface area (Å²) in [6, 6.07) is 27.1. The molecule has 1 heterocycles. The summed E-state index contributed by atoms with van der Waals surface area (Å²) < 4.78 is 22.7. The van der Waals surface area contributed by atoms with Crippen LogP contribution in [0, 0.1) is 18.3 Å². The number of nitrogens with two attached hydrogens (primary N) is 1. The highest BCUT2D eigenvalue weighted by atomic mass is 35.5. The van der Waals surface area contributed by atoms with Gasteiger partial charge in [-0.2, -0.15) is 5.26 Å². The number of rotatable bonds is 8. The maximum Gasteiger partial charge on any atom is 0.349 e. The molecule has 41 heavy (non-hydrogen) atoms. The van der Waals surface area contributed by atoms with Gasteiger partial charge in [-0.25, -0.2) is 4.79 Å². The molecule has 5 rings (SSSR count). The molecule has 1 aliphatic rings. The predicted molar refractivity (Wildman–Crippen MR) is 155 cm³/mol. The number of halogens is 2. The number of esters is 1. The van der Waals surface area contributed by atoms with Gasteiger partial charge in [-0.05, 0) is 54.4 Å². The van der Waals surface area contributed by atoms with Crippen molar-refractivity contribution >= 4 is 29.2 Å². The van der Waals surface area contributed by atoms with E-state index in [4.69, 9.17) is 47.9 Å². The second kappa shape index (κ2) is 12.3. The first-order valence-electron chi connectivity index (χ1n) is 12.6. The van der Waals surface area contributed by atoms with E-state index in [0.717, 1.165) is 16.7 Å². The van der Waals surface area contributed by atoms with Crippen LogP contribution in [0.2, 0.25) is 10.0 Å². The van der Waals surface area contributed by atoms with E-state index in [2.05, 4.69) is 6.07 Å². The van der Waals surface area contributed by atoms with Crippen molar-refractivity contribution < 1.29 is 23.7 Å². The van der Waals surface area contributed by atoms with Crippen LogP contribution in [0.4, 0.5) is 0 Å². The number of para-hydroxylation sites is 1. The molecule has 7 nitrogen and oxygen atoms in total. The third-order valence-corrected chi connectivity index (χ3v) is 7.07. The van der Waals surface area contributed by atoms with Crippen LogP contribution in [0.15, 0.2) is 96.4 Å². The molecule has 0 aromatic heterocycles. The summed E-state index contributed by atoms with van der Waals surface area (Å²) in [4.78, 5) is 12.4. The lowest BCUT2D eigenvalue weighted by molar-refractivity contribution is -0.136. The summed E-state index contributed by atoms with van der Waals surface area (Å²) in [6.07, 6.45) is 0. The fourth-order valence-corrected chi connectivity index (χ4v) is 4.88. The Bertz CT molecular complexity index is 1680. The van der Waals surface area contributed by atoms with Crippen molar-refractivity contribution in [3.05, 3.63) is 129 Å². The first kappa shape index (κ1) is 27.9. The van der Waals surface area contributed by atoms with E-state index >= 15 is 0 Å². The van der Waals surface area contributed by atoms with Crippen LogP contribution in [-0.4, -0.2) is 12.6 Å². The maximum absolute atomic E-state index is 12.4. The van der Waals surface area contributed by atoms with Gasteiger partial charge in [-0.15, -0.1) is 0 Å². The van der Waals surface area contributed by atoms with Gasteiger partial charge >= 0.3 is 5.97 Å². The molecule has 0 spiro atoms. The summed E-state index contributed by atoms with van der Waals surface area (Å²) in [5, 5.41) is 11.0. The second-order valence-electron chi connectivity index (χ2n) is 9.25. The molecular weight excluding hydrogens is 563 g/mol. The van der Waals surface area contributed by atoms with Crippen molar-refractivity contribution in [2.75, 3.05) is 6.61 Å². The molecule has 2 N–H and O–H groups in total. The lowest BCUT2D eigenvalue weighted by atomic mass is 9.83. The zero-order valence-electron chi connectivity index (χ0n) is 21.9. The van der Waals surface area contributed by atoms with Gasteiger partial charge in [0.25, 0.3) is 0 Å². The van der Waals surface area contributed by atoms with Crippen LogP contribution >= 0.6 is 23.2 Å². The van der Waals surface area contributed by atoms with Gasteiger partial charge in [0.05, 0.1) is 5.92 Å². The van der Waals surface area contributed by atoms with Crippen molar-refractivity contribution in [1.29, 1.82) is 5.26 Å². The first-order chi connectivity index (χ1) is 19.8. The van der Waals surface area contributed by atoms with Crippen molar-refractivity contribution in [3.63, 3.8) is 0 Å². The Kier molecular flexibility index (Phi) is 8.34. The van der Waals surface area contributed by atoms with Crippen LogP contribution in [0.5, 0.6) is 23.0 Å². The number of nitriles is 1. The predicted octanol–water partition coefficient (Wildman–Crippen LogP) is 7.08. The van der Waals surface area contributed by atoms with E-state index in [-0.39, 0.29) is 30.4 Å². The smallest absolute Gasteiger partial charge is 0.349 e. The molecule has 1 aliphatic heterocycles. The number of nitrogens with zero attached hydrogens (tertiary/aromatic N) is 1. The van der Waals surface area contributed by atoms with Crippen LogP contribution in [0.1, 0.15) is 28.2 Å². The molecule has 1 unspecified atom stereocenters. The molecule has 4 aromatic carbocycles. The van der Waals surface area contributed by atoms with Crippen LogP contribution in [0.25, 0.3) is 0 Å². The van der Waals surface area contributed by atoms with Gasteiger partial charge in [0.2, 0.25) is 5.88 Å². The summed E-state index contributed by atoms with van der Waals surface area (Å²) in [5.74, 6) is 0.794. The Morgan fingerprint density at radius 1 is 0.976 bits per heavy atom. The summed E-state index contributed by atoms with van der Waals surface area (Å²) in [7, 11) is 0. The van der Waals surface area contributed by atoms with Gasteiger partial charge in [-0.1, -0.05) is 65.7 Å². The molecule has 0 aliphatic carbocycles. The van der Waals surface area contributed by atoms with Crippen molar-refractivity contribution in [1.82, 2.24) is 0 Å². The highest BCUT2D eigenvalue weighted by molar-refractivity contribution is 6.35. The van der Waals surface area contributed by atoms with Crippen LogP contribution in [0.3, 0.4) is 0 Å². The normalized spacial score (nSPS) is 14.0. The number of fused-ring (bicyclic) bond motifs is 1. The molecule has 0 saturated carbocycles. The minimum Gasteiger partial charge on any atom is -0.489 e. The van der Waals surface area contributed by atoms with Gasteiger partial charge in [0.15, 0.2) is 6.61 Å². The third-order valence-electron chi connectivity index (χ3n) is 6.48.